The summed E-state index contributed by atoms with van der Waals surface area (Å²) in [5.41, 5.74) is 0.843. The lowest BCUT2D eigenvalue weighted by Gasteiger charge is -2.28. The lowest BCUT2D eigenvalue weighted by atomic mass is 10.1. The van der Waals surface area contributed by atoms with Gasteiger partial charge in [0, 0.05) is 52.4 Å². The van der Waals surface area contributed by atoms with Crippen molar-refractivity contribution in [2.45, 2.75) is 111 Å². The maximum atomic E-state index is 12.9. The van der Waals surface area contributed by atoms with Gasteiger partial charge in [-0.2, -0.15) is 0 Å². The van der Waals surface area contributed by atoms with Gasteiger partial charge in [-0.25, -0.2) is 19.2 Å². The summed E-state index contributed by atoms with van der Waals surface area (Å²) in [5, 5.41) is 11.4. The summed E-state index contributed by atoms with van der Waals surface area (Å²) in [6, 6.07) is 18.9. The molecule has 2 aromatic carbocycles. The summed E-state index contributed by atoms with van der Waals surface area (Å²) >= 11 is 0. The monoisotopic (exact) mass is 710 g/mol. The molecular formula is C39H62N6O6. The van der Waals surface area contributed by atoms with E-state index in [4.69, 9.17) is 9.47 Å². The molecule has 0 spiro atoms. The fraction of sp³-hybridized carbons (Fsp3) is 0.590. The fourth-order valence-electron chi connectivity index (χ4n) is 5.00. The van der Waals surface area contributed by atoms with Crippen LogP contribution in [0.3, 0.4) is 0 Å². The molecule has 0 aliphatic rings. The number of ether oxygens (including phenoxy) is 2. The third-order valence-electron chi connectivity index (χ3n) is 7.53. The normalized spacial score (nSPS) is 11.3. The smallest absolute Gasteiger partial charge is 0.410 e. The molecule has 0 atom stereocenters. The molecule has 0 fully saturated rings. The van der Waals surface area contributed by atoms with Gasteiger partial charge >= 0.3 is 24.2 Å². The number of unbranched alkanes of at least 4 members (excludes halogenated alkanes) is 4. The number of hydrogen-bond donors (Lipinski definition) is 4. The number of carbonyl (C=O) groups is 4. The average Bonchev–Trinajstić information content (AvgIpc) is 3.07. The van der Waals surface area contributed by atoms with E-state index in [-0.39, 0.29) is 24.2 Å². The molecule has 12 nitrogen and oxygen atoms in total. The van der Waals surface area contributed by atoms with E-state index >= 15 is 0 Å². The highest BCUT2D eigenvalue weighted by Gasteiger charge is 2.23. The molecule has 12 heteroatoms. The van der Waals surface area contributed by atoms with Crippen molar-refractivity contribution in [1.29, 1.82) is 0 Å². The van der Waals surface area contributed by atoms with Crippen LogP contribution in [0.5, 0.6) is 0 Å². The van der Waals surface area contributed by atoms with Crippen LogP contribution < -0.4 is 21.3 Å². The molecule has 0 radical (unpaired) electrons. The van der Waals surface area contributed by atoms with Crippen LogP contribution in [-0.4, -0.2) is 84.5 Å². The Morgan fingerprint density at radius 3 is 1.18 bits per heavy atom. The summed E-state index contributed by atoms with van der Waals surface area (Å²) in [5.74, 6) is 0. The quantitative estimate of drug-likeness (QED) is 0.107. The number of urea groups is 2. The van der Waals surface area contributed by atoms with Gasteiger partial charge in [-0.3, -0.25) is 0 Å². The van der Waals surface area contributed by atoms with Gasteiger partial charge < -0.3 is 40.5 Å². The average molecular weight is 711 g/mol. The molecule has 2 aromatic rings. The highest BCUT2D eigenvalue weighted by atomic mass is 16.6. The Kier molecular flexibility index (Phi) is 19.3. The third-order valence-corrected chi connectivity index (χ3v) is 7.53. The minimum atomic E-state index is -0.601. The van der Waals surface area contributed by atoms with Crippen molar-refractivity contribution in [3.63, 3.8) is 0 Å². The van der Waals surface area contributed by atoms with Crippen LogP contribution in [0.15, 0.2) is 60.7 Å². The fourth-order valence-corrected chi connectivity index (χ4v) is 5.00. The van der Waals surface area contributed by atoms with Crippen LogP contribution in [0.2, 0.25) is 0 Å². The Balaban J connectivity index is 1.71. The summed E-state index contributed by atoms with van der Waals surface area (Å²) in [6.45, 7) is 14.9. The van der Waals surface area contributed by atoms with Gasteiger partial charge in [-0.05, 0) is 78.4 Å². The van der Waals surface area contributed by atoms with Crippen molar-refractivity contribution < 1.29 is 28.7 Å². The Bertz CT molecular complexity index is 1200. The van der Waals surface area contributed by atoms with E-state index in [0.717, 1.165) is 43.2 Å². The Labute approximate surface area is 305 Å². The summed E-state index contributed by atoms with van der Waals surface area (Å²) in [4.78, 5) is 53.7. The Morgan fingerprint density at radius 1 is 0.490 bits per heavy atom. The predicted molar refractivity (Wildman–Crippen MR) is 201 cm³/mol. The van der Waals surface area contributed by atoms with E-state index in [1.807, 2.05) is 102 Å². The van der Waals surface area contributed by atoms with Crippen LogP contribution in [0.25, 0.3) is 0 Å². The molecule has 0 saturated carbocycles. The second kappa shape index (κ2) is 23.1. The standard InChI is InChI=1S/C39H62N6O6/c1-38(2,3)50-36(48)44(28-18-24-40-34(46)42-30-32-20-12-10-13-21-32)26-16-8-7-9-17-27-45(37(49)51-39(4,5)6)29-19-25-41-35(47)43-31-33-22-14-11-15-23-33/h10-15,20-23H,7-9,16-19,24-31H2,1-6H3,(H2,40,42,46)(H2,41,43,47). The maximum Gasteiger partial charge on any atom is 0.410 e. The largest absolute Gasteiger partial charge is 0.444 e. The second-order valence-corrected chi connectivity index (χ2v) is 14.6. The van der Waals surface area contributed by atoms with Crippen molar-refractivity contribution in [3.05, 3.63) is 71.8 Å². The summed E-state index contributed by atoms with van der Waals surface area (Å²) < 4.78 is 11.3. The van der Waals surface area contributed by atoms with Crippen LogP contribution >= 0.6 is 0 Å². The zero-order valence-corrected chi connectivity index (χ0v) is 31.7. The van der Waals surface area contributed by atoms with Gasteiger partial charge in [0.05, 0.1) is 0 Å². The predicted octanol–water partition coefficient (Wildman–Crippen LogP) is 7.19. The topological polar surface area (TPSA) is 141 Å². The molecule has 0 aromatic heterocycles. The van der Waals surface area contributed by atoms with E-state index in [9.17, 15) is 19.2 Å². The molecule has 6 amide bonds. The van der Waals surface area contributed by atoms with E-state index in [1.165, 1.54) is 0 Å². The number of nitrogens with zero attached hydrogens (tertiary/aromatic N) is 2. The molecule has 0 unspecified atom stereocenters. The summed E-state index contributed by atoms with van der Waals surface area (Å²) in [6.07, 6.45) is 4.94. The summed E-state index contributed by atoms with van der Waals surface area (Å²) in [7, 11) is 0. The van der Waals surface area contributed by atoms with Crippen molar-refractivity contribution in [3.8, 4) is 0 Å². The number of benzene rings is 2. The molecule has 2 rings (SSSR count). The highest BCUT2D eigenvalue weighted by Crippen LogP contribution is 2.14. The number of rotatable bonds is 20. The van der Waals surface area contributed by atoms with Crippen molar-refractivity contribution in [2.24, 2.45) is 0 Å². The van der Waals surface area contributed by atoms with Crippen molar-refractivity contribution >= 4 is 24.2 Å². The number of nitrogens with one attached hydrogen (secondary N) is 4. The molecule has 51 heavy (non-hydrogen) atoms. The van der Waals surface area contributed by atoms with Gasteiger partial charge in [0.15, 0.2) is 0 Å². The third kappa shape index (κ3) is 21.4. The zero-order chi connectivity index (χ0) is 37.5. The molecular weight excluding hydrogens is 648 g/mol. The van der Waals surface area contributed by atoms with Crippen LogP contribution in [-0.2, 0) is 22.6 Å². The molecule has 0 bridgehead atoms. The van der Waals surface area contributed by atoms with Gasteiger partial charge in [0.2, 0.25) is 0 Å². The molecule has 0 heterocycles. The first-order valence-electron chi connectivity index (χ1n) is 18.3. The van der Waals surface area contributed by atoms with E-state index in [2.05, 4.69) is 21.3 Å². The van der Waals surface area contributed by atoms with E-state index < -0.39 is 11.2 Å². The first kappa shape index (κ1) is 42.7. The lowest BCUT2D eigenvalue weighted by molar-refractivity contribution is 0.0238. The number of carbonyl (C=O) groups excluding carboxylic acids is 4. The Hall–Kier alpha value is -4.48. The highest BCUT2D eigenvalue weighted by molar-refractivity contribution is 5.74. The maximum absolute atomic E-state index is 12.9. The number of hydrogen-bond acceptors (Lipinski definition) is 6. The van der Waals surface area contributed by atoms with E-state index in [1.54, 1.807) is 9.80 Å². The molecule has 4 N–H and O–H groups in total. The van der Waals surface area contributed by atoms with Crippen molar-refractivity contribution in [1.82, 2.24) is 31.1 Å². The zero-order valence-electron chi connectivity index (χ0n) is 31.7. The SMILES string of the molecule is CC(C)(C)OC(=O)N(CCCCCCCN(CCCNC(=O)NCc1ccccc1)C(=O)OC(C)(C)C)CCCNC(=O)NCc1ccccc1. The van der Waals surface area contributed by atoms with Crippen molar-refractivity contribution in [2.75, 3.05) is 39.3 Å². The second-order valence-electron chi connectivity index (χ2n) is 14.6. The molecule has 0 aliphatic carbocycles. The minimum absolute atomic E-state index is 0.244. The van der Waals surface area contributed by atoms with Gasteiger partial charge in [0.25, 0.3) is 0 Å². The Morgan fingerprint density at radius 2 is 0.824 bits per heavy atom. The molecule has 0 aliphatic heterocycles. The van der Waals surface area contributed by atoms with Crippen LogP contribution in [0, 0.1) is 0 Å². The van der Waals surface area contributed by atoms with Crippen LogP contribution in [0.1, 0.15) is 97.6 Å². The molecule has 284 valence electrons. The lowest BCUT2D eigenvalue weighted by Crippen LogP contribution is -2.40. The first-order chi connectivity index (χ1) is 24.2. The van der Waals surface area contributed by atoms with Gasteiger partial charge in [-0.1, -0.05) is 79.9 Å². The van der Waals surface area contributed by atoms with Gasteiger partial charge in [-0.15, -0.1) is 0 Å². The minimum Gasteiger partial charge on any atom is -0.444 e. The number of amides is 6. The van der Waals surface area contributed by atoms with Crippen LogP contribution in [0.4, 0.5) is 19.2 Å². The van der Waals surface area contributed by atoms with E-state index in [0.29, 0.717) is 65.2 Å². The first-order valence-corrected chi connectivity index (χ1v) is 18.3. The van der Waals surface area contributed by atoms with Gasteiger partial charge in [0.1, 0.15) is 11.2 Å². The molecule has 0 saturated heterocycles.